The number of amides is 1. The molecule has 0 saturated carbocycles. The third-order valence-corrected chi connectivity index (χ3v) is 7.53. The quantitative estimate of drug-likeness (QED) is 0.447. The van der Waals surface area contributed by atoms with Crippen LogP contribution >= 0.6 is 23.2 Å². The van der Waals surface area contributed by atoms with E-state index in [1.807, 2.05) is 0 Å². The van der Waals surface area contributed by atoms with Crippen LogP contribution in [0.15, 0.2) is 70.5 Å². The van der Waals surface area contributed by atoms with Gasteiger partial charge in [0.15, 0.2) is 5.78 Å². The Bertz CT molecular complexity index is 1320. The van der Waals surface area contributed by atoms with Gasteiger partial charge in [-0.05, 0) is 48.0 Å². The molecule has 0 fully saturated rings. The maximum absolute atomic E-state index is 13.0. The maximum Gasteiger partial charge on any atom is 0.253 e. The number of sulfone groups is 1. The zero-order valence-electron chi connectivity index (χ0n) is 15.7. The van der Waals surface area contributed by atoms with Gasteiger partial charge in [-0.1, -0.05) is 41.4 Å². The second-order valence-corrected chi connectivity index (χ2v) is 9.65. The number of hydrogen-bond donors (Lipinski definition) is 0. The lowest BCUT2D eigenvalue weighted by molar-refractivity contribution is 0.0784. The number of ketones is 1. The van der Waals surface area contributed by atoms with E-state index in [-0.39, 0.29) is 44.7 Å². The summed E-state index contributed by atoms with van der Waals surface area (Å²) in [6.07, 6.45) is 0. The summed E-state index contributed by atoms with van der Waals surface area (Å²) in [5, 5.41) is 0.798. The van der Waals surface area contributed by atoms with Crippen LogP contribution in [0.25, 0.3) is 0 Å². The highest BCUT2D eigenvalue weighted by molar-refractivity contribution is 7.91. The lowest BCUT2D eigenvalue weighted by Crippen LogP contribution is -2.27. The van der Waals surface area contributed by atoms with Gasteiger partial charge in [0, 0.05) is 30.3 Å². The van der Waals surface area contributed by atoms with Gasteiger partial charge in [0.1, 0.15) is 0 Å². The van der Waals surface area contributed by atoms with Gasteiger partial charge in [-0.15, -0.1) is 0 Å². The Labute approximate surface area is 183 Å². The molecule has 1 heterocycles. The molecule has 0 unspecified atom stereocenters. The smallest absolute Gasteiger partial charge is 0.253 e. The monoisotopic (exact) mass is 459 g/mol. The molecule has 3 aromatic carbocycles. The van der Waals surface area contributed by atoms with Gasteiger partial charge >= 0.3 is 0 Å². The topological polar surface area (TPSA) is 71.5 Å². The second kappa shape index (κ2) is 7.54. The number of fused-ring (bicyclic) bond motifs is 2. The summed E-state index contributed by atoms with van der Waals surface area (Å²) >= 11 is 11.9. The van der Waals surface area contributed by atoms with Crippen LogP contribution in [0.2, 0.25) is 10.0 Å². The molecule has 4 rings (SSSR count). The molecule has 3 aromatic rings. The number of benzene rings is 3. The normalized spacial score (nSPS) is 14.0. The molecule has 0 aromatic heterocycles. The largest absolute Gasteiger partial charge is 0.337 e. The van der Waals surface area contributed by atoms with E-state index in [0.29, 0.717) is 10.0 Å². The Morgan fingerprint density at radius 3 is 2.33 bits per heavy atom. The molecule has 0 saturated heterocycles. The summed E-state index contributed by atoms with van der Waals surface area (Å²) in [6.45, 7) is 0.251. The minimum atomic E-state index is -3.91. The van der Waals surface area contributed by atoms with Crippen LogP contribution in [0.3, 0.4) is 0 Å². The predicted octanol–water partition coefficient (Wildman–Crippen LogP) is 4.64. The summed E-state index contributed by atoms with van der Waals surface area (Å²) in [5.41, 5.74) is 1.15. The number of hydrogen-bond acceptors (Lipinski definition) is 4. The fourth-order valence-corrected chi connectivity index (χ4v) is 5.42. The molecule has 0 spiro atoms. The number of nitrogens with zero attached hydrogens (tertiary/aromatic N) is 1. The fourth-order valence-electron chi connectivity index (χ4n) is 3.42. The zero-order chi connectivity index (χ0) is 21.6. The van der Waals surface area contributed by atoms with Crippen LogP contribution in [0.5, 0.6) is 0 Å². The highest BCUT2D eigenvalue weighted by Gasteiger charge is 2.35. The minimum absolute atomic E-state index is 0.0451. The lowest BCUT2D eigenvalue weighted by Gasteiger charge is -2.21. The van der Waals surface area contributed by atoms with E-state index >= 15 is 0 Å². The van der Waals surface area contributed by atoms with Crippen molar-refractivity contribution in [2.24, 2.45) is 0 Å². The minimum Gasteiger partial charge on any atom is -0.337 e. The highest BCUT2D eigenvalue weighted by Crippen LogP contribution is 2.35. The van der Waals surface area contributed by atoms with E-state index in [1.165, 1.54) is 35.2 Å². The second-order valence-electron chi connectivity index (χ2n) is 6.95. The Hall–Kier alpha value is -2.67. The van der Waals surface area contributed by atoms with Crippen LogP contribution in [0, 0.1) is 0 Å². The number of carbonyl (C=O) groups excluding carboxylic acids is 2. The van der Waals surface area contributed by atoms with Crippen LogP contribution in [-0.2, 0) is 16.4 Å². The van der Waals surface area contributed by atoms with E-state index in [0.717, 1.165) is 5.56 Å². The van der Waals surface area contributed by atoms with Crippen molar-refractivity contribution < 1.29 is 18.0 Å². The molecular weight excluding hydrogens is 445 g/mol. The highest BCUT2D eigenvalue weighted by atomic mass is 35.5. The van der Waals surface area contributed by atoms with Gasteiger partial charge in [0.25, 0.3) is 5.91 Å². The first-order valence-electron chi connectivity index (χ1n) is 8.92. The van der Waals surface area contributed by atoms with Gasteiger partial charge in [-0.3, -0.25) is 9.59 Å². The average molecular weight is 460 g/mol. The molecule has 8 heteroatoms. The molecule has 0 atom stereocenters. The molecule has 0 aliphatic carbocycles. The maximum atomic E-state index is 13.0. The first kappa shape index (κ1) is 20.6. The molecule has 152 valence electrons. The first-order valence-corrected chi connectivity index (χ1v) is 11.2. The number of carbonyl (C=O) groups is 2. The van der Waals surface area contributed by atoms with Crippen molar-refractivity contribution in [3.63, 3.8) is 0 Å². The third kappa shape index (κ3) is 3.41. The Balaban J connectivity index is 1.68. The van der Waals surface area contributed by atoms with Crippen molar-refractivity contribution in [1.29, 1.82) is 0 Å². The molecule has 0 bridgehead atoms. The average Bonchev–Trinajstić information content (AvgIpc) is 2.74. The Morgan fingerprint density at radius 1 is 0.900 bits per heavy atom. The molecular formula is C22H15Cl2NO4S. The molecule has 5 nitrogen and oxygen atoms in total. The van der Waals surface area contributed by atoms with Crippen LogP contribution < -0.4 is 0 Å². The van der Waals surface area contributed by atoms with Gasteiger partial charge in [0.05, 0.1) is 19.8 Å². The summed E-state index contributed by atoms with van der Waals surface area (Å²) in [4.78, 5) is 26.9. The number of rotatable bonds is 3. The predicted molar refractivity (Wildman–Crippen MR) is 114 cm³/mol. The fraction of sp³-hybridized carbons (Fsp3) is 0.0909. The molecule has 1 amide bonds. The summed E-state index contributed by atoms with van der Waals surface area (Å²) in [6, 6.07) is 15.3. The first-order chi connectivity index (χ1) is 14.2. The Kier molecular flexibility index (Phi) is 5.18. The number of halogens is 2. The molecule has 0 N–H and O–H groups in total. The summed E-state index contributed by atoms with van der Waals surface area (Å²) in [7, 11) is -2.31. The van der Waals surface area contributed by atoms with E-state index in [4.69, 9.17) is 23.2 Å². The van der Waals surface area contributed by atoms with Gasteiger partial charge in [-0.2, -0.15) is 0 Å². The van der Waals surface area contributed by atoms with Crippen molar-refractivity contribution in [2.45, 2.75) is 16.3 Å². The Morgan fingerprint density at radius 2 is 1.60 bits per heavy atom. The van der Waals surface area contributed by atoms with Gasteiger partial charge in [-0.25, -0.2) is 8.42 Å². The van der Waals surface area contributed by atoms with Crippen molar-refractivity contribution in [1.82, 2.24) is 4.90 Å². The van der Waals surface area contributed by atoms with Crippen molar-refractivity contribution in [3.8, 4) is 0 Å². The van der Waals surface area contributed by atoms with Crippen molar-refractivity contribution in [2.75, 3.05) is 7.05 Å². The van der Waals surface area contributed by atoms with Crippen LogP contribution in [-0.4, -0.2) is 32.1 Å². The van der Waals surface area contributed by atoms with E-state index in [9.17, 15) is 18.0 Å². The lowest BCUT2D eigenvalue weighted by atomic mass is 10.0. The summed E-state index contributed by atoms with van der Waals surface area (Å²) < 4.78 is 26.1. The van der Waals surface area contributed by atoms with Crippen LogP contribution in [0.4, 0.5) is 0 Å². The van der Waals surface area contributed by atoms with Crippen LogP contribution in [0.1, 0.15) is 31.8 Å². The SMILES string of the molecule is CN(Cc1ccc(Cl)c(Cl)c1)C(=O)c1ccc2c(c1)S(=O)(=O)c1ccccc1C2=O. The van der Waals surface area contributed by atoms with E-state index in [2.05, 4.69) is 0 Å². The van der Waals surface area contributed by atoms with E-state index < -0.39 is 9.84 Å². The standard InChI is InChI=1S/C22H15Cl2NO4S/c1-25(12-13-6-9-17(23)18(24)10-13)22(27)14-7-8-16-20(11-14)30(28,29)19-5-3-2-4-15(19)21(16)26/h2-11H,12H2,1H3. The van der Waals surface area contributed by atoms with Crippen molar-refractivity contribution >= 4 is 44.7 Å². The van der Waals surface area contributed by atoms with Gasteiger partial charge < -0.3 is 4.90 Å². The molecule has 30 heavy (non-hydrogen) atoms. The van der Waals surface area contributed by atoms with Gasteiger partial charge in [0.2, 0.25) is 9.84 Å². The molecule has 0 radical (unpaired) electrons. The molecule has 1 aliphatic heterocycles. The van der Waals surface area contributed by atoms with Crippen molar-refractivity contribution in [3.05, 3.63) is 93.0 Å². The third-order valence-electron chi connectivity index (χ3n) is 4.93. The summed E-state index contributed by atoms with van der Waals surface area (Å²) in [5.74, 6) is -0.760. The zero-order valence-corrected chi connectivity index (χ0v) is 18.1. The molecule has 1 aliphatic rings. The van der Waals surface area contributed by atoms with E-state index in [1.54, 1.807) is 37.4 Å².